The number of aryl methyl sites for hydroxylation is 1. The van der Waals surface area contributed by atoms with Gasteiger partial charge in [0.25, 0.3) is 5.91 Å². The second kappa shape index (κ2) is 7.87. The molecule has 0 aliphatic carbocycles. The van der Waals surface area contributed by atoms with E-state index in [2.05, 4.69) is 14.9 Å². The van der Waals surface area contributed by atoms with Gasteiger partial charge in [0.15, 0.2) is 0 Å². The molecule has 7 nitrogen and oxygen atoms in total. The van der Waals surface area contributed by atoms with Gasteiger partial charge in [-0.15, -0.1) is 0 Å². The summed E-state index contributed by atoms with van der Waals surface area (Å²) in [5.74, 6) is -0.260. The zero-order valence-electron chi connectivity index (χ0n) is 13.5. The molecule has 8 heteroatoms. The zero-order chi connectivity index (χ0) is 16.9. The molecule has 128 valence electrons. The monoisotopic (exact) mass is 341 g/mol. The third-order valence-electron chi connectivity index (χ3n) is 3.85. The molecule has 1 aliphatic heterocycles. The highest BCUT2D eigenvalue weighted by molar-refractivity contribution is 7.89. The number of hydrogen-bond donors (Lipinski definition) is 2. The normalized spacial score (nSPS) is 16.3. The number of amides is 1. The van der Waals surface area contributed by atoms with Crippen molar-refractivity contribution >= 4 is 15.9 Å². The maximum Gasteiger partial charge on any atom is 0.251 e. The van der Waals surface area contributed by atoms with Gasteiger partial charge in [0.05, 0.1) is 18.1 Å². The molecule has 0 radical (unpaired) electrons. The van der Waals surface area contributed by atoms with E-state index in [1.54, 1.807) is 13.0 Å². The molecule has 2 rings (SSSR count). The molecule has 0 bridgehead atoms. The largest absolute Gasteiger partial charge is 0.379 e. The lowest BCUT2D eigenvalue weighted by molar-refractivity contribution is 0.0383. The second-order valence-electron chi connectivity index (χ2n) is 5.39. The van der Waals surface area contributed by atoms with Gasteiger partial charge in [-0.25, -0.2) is 13.1 Å². The fraction of sp³-hybridized carbons (Fsp3) is 0.533. The summed E-state index contributed by atoms with van der Waals surface area (Å²) in [6.07, 6.45) is 0. The minimum absolute atomic E-state index is 0.0870. The molecule has 0 atom stereocenters. The molecule has 0 saturated carbocycles. The molecule has 0 aromatic heterocycles. The smallest absolute Gasteiger partial charge is 0.251 e. The summed E-state index contributed by atoms with van der Waals surface area (Å²) in [7, 11) is -2.22. The van der Waals surface area contributed by atoms with Crippen LogP contribution in [-0.2, 0) is 14.8 Å². The number of carbonyl (C=O) groups is 1. The lowest BCUT2D eigenvalue weighted by Gasteiger charge is -2.26. The predicted octanol–water partition coefficient (Wildman–Crippen LogP) is -0.0349. The first-order chi connectivity index (χ1) is 10.9. The molecule has 23 heavy (non-hydrogen) atoms. The summed E-state index contributed by atoms with van der Waals surface area (Å²) in [5, 5.41) is 2.85. The Morgan fingerprint density at radius 1 is 1.30 bits per heavy atom. The Kier molecular flexibility index (Phi) is 6.11. The molecule has 1 saturated heterocycles. The molecular formula is C15H23N3O4S. The lowest BCUT2D eigenvalue weighted by Crippen LogP contribution is -2.41. The van der Waals surface area contributed by atoms with E-state index in [9.17, 15) is 13.2 Å². The van der Waals surface area contributed by atoms with Crippen molar-refractivity contribution < 1.29 is 17.9 Å². The van der Waals surface area contributed by atoms with E-state index < -0.39 is 10.0 Å². The van der Waals surface area contributed by atoms with E-state index in [0.717, 1.165) is 38.4 Å². The third kappa shape index (κ3) is 4.74. The summed E-state index contributed by atoms with van der Waals surface area (Å²) in [6, 6.07) is 4.54. The topological polar surface area (TPSA) is 87.7 Å². The van der Waals surface area contributed by atoms with Crippen molar-refractivity contribution in [1.82, 2.24) is 14.9 Å². The maximum absolute atomic E-state index is 12.3. The average molecular weight is 341 g/mol. The summed E-state index contributed by atoms with van der Waals surface area (Å²) < 4.78 is 31.2. The van der Waals surface area contributed by atoms with E-state index in [1.807, 2.05) is 0 Å². The molecule has 1 aromatic rings. The van der Waals surface area contributed by atoms with Crippen LogP contribution in [0, 0.1) is 6.92 Å². The molecule has 0 unspecified atom stereocenters. The summed E-state index contributed by atoms with van der Waals surface area (Å²) in [5.41, 5.74) is 1.12. The van der Waals surface area contributed by atoms with Gasteiger partial charge >= 0.3 is 0 Å². The number of hydrogen-bond acceptors (Lipinski definition) is 5. The van der Waals surface area contributed by atoms with Gasteiger partial charge in [0.2, 0.25) is 10.0 Å². The Bertz CT molecular complexity index is 655. The first kappa shape index (κ1) is 17.9. The van der Waals surface area contributed by atoms with E-state index in [4.69, 9.17) is 4.74 Å². The van der Waals surface area contributed by atoms with Crippen LogP contribution >= 0.6 is 0 Å². The minimum atomic E-state index is -3.56. The number of carbonyl (C=O) groups excluding carboxylic acids is 1. The van der Waals surface area contributed by atoms with Gasteiger partial charge in [-0.3, -0.25) is 9.69 Å². The highest BCUT2D eigenvalue weighted by atomic mass is 32.2. The Hall–Kier alpha value is -1.48. The molecule has 0 spiro atoms. The van der Waals surface area contributed by atoms with Crippen LogP contribution in [0.25, 0.3) is 0 Å². The van der Waals surface area contributed by atoms with Crippen molar-refractivity contribution in [3.05, 3.63) is 29.3 Å². The molecular weight excluding hydrogens is 318 g/mol. The van der Waals surface area contributed by atoms with Crippen molar-refractivity contribution in [2.24, 2.45) is 0 Å². The van der Waals surface area contributed by atoms with E-state index in [0.29, 0.717) is 12.1 Å². The van der Waals surface area contributed by atoms with Crippen LogP contribution in [0.15, 0.2) is 23.1 Å². The van der Waals surface area contributed by atoms with Crippen LogP contribution in [0.5, 0.6) is 0 Å². The first-order valence-corrected chi connectivity index (χ1v) is 9.05. The van der Waals surface area contributed by atoms with Gasteiger partial charge < -0.3 is 10.1 Å². The molecule has 1 heterocycles. The number of nitrogens with zero attached hydrogens (tertiary/aromatic N) is 1. The standard InChI is InChI=1S/C15H23N3O4S/c1-12-3-4-13(23(20,21)16-2)11-14(12)15(19)17-5-6-18-7-9-22-10-8-18/h3-4,11,16H,5-10H2,1-2H3,(H,17,19). The number of benzene rings is 1. The number of sulfonamides is 1. The highest BCUT2D eigenvalue weighted by Crippen LogP contribution is 2.15. The third-order valence-corrected chi connectivity index (χ3v) is 5.26. The van der Waals surface area contributed by atoms with Crippen molar-refractivity contribution in [2.45, 2.75) is 11.8 Å². The lowest BCUT2D eigenvalue weighted by atomic mass is 10.1. The van der Waals surface area contributed by atoms with Crippen molar-refractivity contribution in [3.8, 4) is 0 Å². The van der Waals surface area contributed by atoms with Crippen LogP contribution in [0.2, 0.25) is 0 Å². The van der Waals surface area contributed by atoms with Gasteiger partial charge in [-0.1, -0.05) is 6.07 Å². The van der Waals surface area contributed by atoms with Crippen LogP contribution in [-0.4, -0.2) is 65.7 Å². The minimum Gasteiger partial charge on any atom is -0.379 e. The van der Waals surface area contributed by atoms with Crippen LogP contribution < -0.4 is 10.0 Å². The highest BCUT2D eigenvalue weighted by Gasteiger charge is 2.17. The van der Waals surface area contributed by atoms with E-state index >= 15 is 0 Å². The summed E-state index contributed by atoms with van der Waals surface area (Å²) in [6.45, 7) is 6.22. The van der Waals surface area contributed by atoms with Gasteiger partial charge in [-0.05, 0) is 31.7 Å². The van der Waals surface area contributed by atoms with Gasteiger partial charge in [0, 0.05) is 31.7 Å². The van der Waals surface area contributed by atoms with Crippen molar-refractivity contribution in [2.75, 3.05) is 46.4 Å². The Labute approximate surface area is 137 Å². The quantitative estimate of drug-likeness (QED) is 0.758. The number of morpholine rings is 1. The fourth-order valence-corrected chi connectivity index (χ4v) is 3.13. The molecule has 2 N–H and O–H groups in total. The van der Waals surface area contributed by atoms with E-state index in [-0.39, 0.29) is 10.8 Å². The predicted molar refractivity (Wildman–Crippen MR) is 87.0 cm³/mol. The number of rotatable bonds is 6. The molecule has 1 amide bonds. The second-order valence-corrected chi connectivity index (χ2v) is 7.28. The summed E-state index contributed by atoms with van der Waals surface area (Å²) >= 11 is 0. The van der Waals surface area contributed by atoms with Crippen LogP contribution in [0.4, 0.5) is 0 Å². The van der Waals surface area contributed by atoms with Gasteiger partial charge in [-0.2, -0.15) is 0 Å². The maximum atomic E-state index is 12.3. The average Bonchev–Trinajstić information content (AvgIpc) is 2.56. The number of ether oxygens (including phenoxy) is 1. The Morgan fingerprint density at radius 3 is 2.65 bits per heavy atom. The molecule has 1 aromatic carbocycles. The summed E-state index contributed by atoms with van der Waals surface area (Å²) in [4.78, 5) is 14.6. The fourth-order valence-electron chi connectivity index (χ4n) is 2.38. The van der Waals surface area contributed by atoms with Crippen molar-refractivity contribution in [3.63, 3.8) is 0 Å². The molecule has 1 aliphatic rings. The molecule has 1 fully saturated rings. The zero-order valence-corrected chi connectivity index (χ0v) is 14.3. The Balaban J connectivity index is 1.99. The SMILES string of the molecule is CNS(=O)(=O)c1ccc(C)c(C(=O)NCCN2CCOCC2)c1. The number of nitrogens with one attached hydrogen (secondary N) is 2. The first-order valence-electron chi connectivity index (χ1n) is 7.56. The van der Waals surface area contributed by atoms with Crippen LogP contribution in [0.3, 0.4) is 0 Å². The van der Waals surface area contributed by atoms with Gasteiger partial charge in [0.1, 0.15) is 0 Å². The van der Waals surface area contributed by atoms with Crippen molar-refractivity contribution in [1.29, 1.82) is 0 Å². The van der Waals surface area contributed by atoms with E-state index in [1.165, 1.54) is 19.2 Å². The Morgan fingerprint density at radius 2 is 2.00 bits per heavy atom. The van der Waals surface area contributed by atoms with Crippen LogP contribution in [0.1, 0.15) is 15.9 Å².